The number of hydrogen-bond acceptors (Lipinski definition) is 4. The number of rotatable bonds is 10. The van der Waals surface area contributed by atoms with Crippen LogP contribution in [0.1, 0.15) is 46.1 Å². The lowest BCUT2D eigenvalue weighted by molar-refractivity contribution is -0.116. The molecule has 5 aromatic rings. The molecule has 1 aromatic heterocycles. The second kappa shape index (κ2) is 13.1. The average Bonchev–Trinajstić information content (AvgIpc) is 2.96. The molecular weight excluding hydrogens is 553 g/mol. The minimum atomic E-state index is -0.183. The maximum Gasteiger partial charge on any atom is 0.251 e. The van der Waals surface area contributed by atoms with Gasteiger partial charge in [-0.3, -0.25) is 9.59 Å². The van der Waals surface area contributed by atoms with Crippen molar-refractivity contribution < 1.29 is 9.59 Å². The first-order valence-electron chi connectivity index (χ1n) is 13.5. The molecule has 0 spiro atoms. The summed E-state index contributed by atoms with van der Waals surface area (Å²) in [5.41, 5.74) is 7.68. The number of nitrogens with one attached hydrogen (secondary N) is 1. The fraction of sp³-hybridized carbons (Fsp3) is 0.176. The van der Waals surface area contributed by atoms with Gasteiger partial charge in [-0.25, -0.2) is 9.97 Å². The van der Waals surface area contributed by atoms with Crippen molar-refractivity contribution in [1.29, 1.82) is 0 Å². The van der Waals surface area contributed by atoms with E-state index >= 15 is 0 Å². The van der Waals surface area contributed by atoms with E-state index in [1.165, 1.54) is 5.56 Å². The molecule has 5 nitrogen and oxygen atoms in total. The number of benzene rings is 4. The number of carbonyl (C=O) groups excluding carboxylic acids is 2. The first-order chi connectivity index (χ1) is 19.8. The molecule has 206 valence electrons. The van der Waals surface area contributed by atoms with Crippen LogP contribution in [0.3, 0.4) is 0 Å². The number of carbonyl (C=O) groups is 2. The van der Waals surface area contributed by atoms with Crippen molar-refractivity contribution in [1.82, 2.24) is 15.3 Å². The van der Waals surface area contributed by atoms with E-state index in [0.717, 1.165) is 40.9 Å². The normalized spacial score (nSPS) is 11.0. The van der Waals surface area contributed by atoms with E-state index < -0.39 is 0 Å². The van der Waals surface area contributed by atoms with Crippen molar-refractivity contribution in [3.05, 3.63) is 129 Å². The number of Topliss-reactive ketones (excluding diaryl/α,β-unsaturated/α-hetero) is 1. The van der Waals surface area contributed by atoms with Gasteiger partial charge in [0.25, 0.3) is 5.91 Å². The van der Waals surface area contributed by atoms with Crippen molar-refractivity contribution in [2.45, 2.75) is 39.2 Å². The molecule has 0 bridgehead atoms. The Hall–Kier alpha value is -4.06. The Kier molecular flexibility index (Phi) is 9.07. The minimum absolute atomic E-state index is 0.152. The Morgan fingerprint density at radius 1 is 0.732 bits per heavy atom. The van der Waals surface area contributed by atoms with Crippen LogP contribution in [0.15, 0.2) is 91.0 Å². The number of ketones is 1. The van der Waals surface area contributed by atoms with E-state index in [2.05, 4.69) is 17.4 Å². The molecule has 4 aromatic carbocycles. The van der Waals surface area contributed by atoms with Crippen LogP contribution in [-0.4, -0.2) is 21.7 Å². The molecule has 0 aliphatic heterocycles. The predicted octanol–water partition coefficient (Wildman–Crippen LogP) is 7.84. The molecule has 7 heteroatoms. The molecule has 0 aliphatic rings. The second-order valence-electron chi connectivity index (χ2n) is 10.1. The van der Waals surface area contributed by atoms with Gasteiger partial charge < -0.3 is 5.32 Å². The van der Waals surface area contributed by atoms with Gasteiger partial charge in [0.15, 0.2) is 0 Å². The lowest BCUT2D eigenvalue weighted by Crippen LogP contribution is -2.22. The van der Waals surface area contributed by atoms with Crippen LogP contribution in [0.25, 0.3) is 22.3 Å². The van der Waals surface area contributed by atoms with Crippen molar-refractivity contribution in [3.63, 3.8) is 0 Å². The highest BCUT2D eigenvalue weighted by atomic mass is 35.5. The van der Waals surface area contributed by atoms with Crippen LogP contribution in [0, 0.1) is 0 Å². The van der Waals surface area contributed by atoms with E-state index in [1.54, 1.807) is 31.2 Å². The molecule has 1 heterocycles. The molecule has 0 atom stereocenters. The summed E-state index contributed by atoms with van der Waals surface area (Å²) in [5.74, 6) is -0.0309. The summed E-state index contributed by atoms with van der Waals surface area (Å²) in [6.45, 7) is 2.01. The van der Waals surface area contributed by atoms with Crippen molar-refractivity contribution in [3.8, 4) is 11.3 Å². The van der Waals surface area contributed by atoms with Gasteiger partial charge in [0.2, 0.25) is 0 Å². The first kappa shape index (κ1) is 28.5. The van der Waals surface area contributed by atoms with Crippen LogP contribution >= 0.6 is 23.2 Å². The fourth-order valence-electron chi connectivity index (χ4n) is 4.77. The van der Waals surface area contributed by atoms with E-state index in [4.69, 9.17) is 33.2 Å². The zero-order chi connectivity index (χ0) is 28.8. The third-order valence-corrected chi connectivity index (χ3v) is 7.31. The highest BCUT2D eigenvalue weighted by Crippen LogP contribution is 2.27. The molecule has 0 unspecified atom stereocenters. The Morgan fingerprint density at radius 2 is 1.44 bits per heavy atom. The van der Waals surface area contributed by atoms with E-state index in [-0.39, 0.29) is 11.7 Å². The van der Waals surface area contributed by atoms with Gasteiger partial charge in [0, 0.05) is 34.1 Å². The number of nitrogens with zero attached hydrogens (tertiary/aromatic N) is 2. The molecule has 5 rings (SSSR count). The van der Waals surface area contributed by atoms with E-state index in [9.17, 15) is 9.59 Å². The summed E-state index contributed by atoms with van der Waals surface area (Å²) in [6.07, 6.45) is 2.84. The zero-order valence-corrected chi connectivity index (χ0v) is 24.2. The molecule has 0 saturated carbocycles. The summed E-state index contributed by atoms with van der Waals surface area (Å²) >= 11 is 12.1. The number of fused-ring (bicyclic) bond motifs is 1. The fourth-order valence-corrected chi connectivity index (χ4v) is 5.03. The average molecular weight is 583 g/mol. The predicted molar refractivity (Wildman–Crippen MR) is 165 cm³/mol. The number of aromatic nitrogens is 2. The Labute approximate surface area is 249 Å². The van der Waals surface area contributed by atoms with Gasteiger partial charge in [-0.1, -0.05) is 71.7 Å². The summed E-state index contributed by atoms with van der Waals surface area (Å²) in [4.78, 5) is 34.4. The molecule has 1 amide bonds. The molecule has 0 saturated heterocycles. The summed E-state index contributed by atoms with van der Waals surface area (Å²) < 4.78 is 0. The molecule has 41 heavy (non-hydrogen) atoms. The maximum atomic E-state index is 12.9. The summed E-state index contributed by atoms with van der Waals surface area (Å²) in [6, 6.07) is 28.6. The first-order valence-corrected chi connectivity index (χ1v) is 14.3. The largest absolute Gasteiger partial charge is 0.348 e. The Morgan fingerprint density at radius 3 is 2.17 bits per heavy atom. The van der Waals surface area contributed by atoms with Crippen LogP contribution in [0.4, 0.5) is 0 Å². The van der Waals surface area contributed by atoms with Crippen molar-refractivity contribution >= 4 is 45.9 Å². The third kappa shape index (κ3) is 7.57. The molecule has 0 radical (unpaired) electrons. The quantitative estimate of drug-likeness (QED) is 0.182. The van der Waals surface area contributed by atoms with Gasteiger partial charge in [0.1, 0.15) is 5.78 Å². The van der Waals surface area contributed by atoms with Crippen LogP contribution in [0.5, 0.6) is 0 Å². The van der Waals surface area contributed by atoms with E-state index in [1.807, 2.05) is 54.6 Å². The smallest absolute Gasteiger partial charge is 0.251 e. The second-order valence-corrected chi connectivity index (χ2v) is 11.0. The van der Waals surface area contributed by atoms with Crippen LogP contribution in [-0.2, 0) is 30.6 Å². The van der Waals surface area contributed by atoms with Crippen molar-refractivity contribution in [2.24, 2.45) is 0 Å². The Bertz CT molecular complexity index is 1700. The van der Waals surface area contributed by atoms with Gasteiger partial charge in [0.05, 0.1) is 22.4 Å². The minimum Gasteiger partial charge on any atom is -0.348 e. The lowest BCUT2D eigenvalue weighted by atomic mass is 10.0. The van der Waals surface area contributed by atoms with Crippen molar-refractivity contribution in [2.75, 3.05) is 0 Å². The number of halogens is 2. The van der Waals surface area contributed by atoms with Gasteiger partial charge in [-0.15, -0.1) is 0 Å². The number of aryl methyl sites for hydroxylation is 2. The topological polar surface area (TPSA) is 72.0 Å². The highest BCUT2D eigenvalue weighted by Gasteiger charge is 2.14. The zero-order valence-electron chi connectivity index (χ0n) is 22.7. The molecule has 0 fully saturated rings. The van der Waals surface area contributed by atoms with Crippen LogP contribution in [0.2, 0.25) is 10.0 Å². The lowest BCUT2D eigenvalue weighted by Gasteiger charge is -2.12. The SMILES string of the molecule is CC(=O)Cc1cccc(CCCc2nc3cc(C(=O)NCc4ccc(Cl)cc4)ccc3nc2-c2ccc(Cl)cc2)c1. The van der Waals surface area contributed by atoms with Gasteiger partial charge in [-0.05, 0) is 85.3 Å². The van der Waals surface area contributed by atoms with E-state index in [0.29, 0.717) is 46.0 Å². The Balaban J connectivity index is 1.38. The molecular formula is C34H29Cl2N3O2. The van der Waals surface area contributed by atoms with Gasteiger partial charge in [-0.2, -0.15) is 0 Å². The summed E-state index contributed by atoms with van der Waals surface area (Å²) in [7, 11) is 0. The third-order valence-electron chi connectivity index (χ3n) is 6.81. The monoisotopic (exact) mass is 581 g/mol. The van der Waals surface area contributed by atoms with Gasteiger partial charge >= 0.3 is 0 Å². The number of hydrogen-bond donors (Lipinski definition) is 1. The maximum absolute atomic E-state index is 12.9. The van der Waals surface area contributed by atoms with Crippen LogP contribution < -0.4 is 5.32 Å². The molecule has 0 aliphatic carbocycles. The highest BCUT2D eigenvalue weighted by molar-refractivity contribution is 6.30. The number of amides is 1. The molecule has 1 N–H and O–H groups in total. The standard InChI is InChI=1S/C34H29Cl2N3O2/c1-22(40)18-25-6-2-4-23(19-25)5-3-7-31-33(26-10-15-29(36)16-11-26)39-30-17-12-27(20-32(30)38-31)34(41)37-21-24-8-13-28(35)14-9-24/h2,4,6,8-17,19-20H,3,5,7,18,21H2,1H3,(H,37,41). The summed E-state index contributed by atoms with van der Waals surface area (Å²) in [5, 5.41) is 4.27.